The van der Waals surface area contributed by atoms with Gasteiger partial charge < -0.3 is 0 Å². The zero-order valence-corrected chi connectivity index (χ0v) is 9.38. The van der Waals surface area contributed by atoms with Gasteiger partial charge >= 0.3 is 0 Å². The average molecular weight is 232 g/mol. The number of ketones is 4. The van der Waals surface area contributed by atoms with E-state index < -0.39 is 5.41 Å². The van der Waals surface area contributed by atoms with Crippen molar-refractivity contribution >= 4 is 23.1 Å². The van der Waals surface area contributed by atoms with E-state index in [1.807, 2.05) is 0 Å². The van der Waals surface area contributed by atoms with Crippen molar-refractivity contribution in [1.29, 1.82) is 0 Å². The van der Waals surface area contributed by atoms with Crippen LogP contribution in [0.5, 0.6) is 0 Å². The highest BCUT2D eigenvalue weighted by atomic mass is 16.2. The van der Waals surface area contributed by atoms with Gasteiger partial charge in [-0.1, -0.05) is 13.2 Å². The van der Waals surface area contributed by atoms with Crippen molar-refractivity contribution in [3.8, 4) is 0 Å². The van der Waals surface area contributed by atoms with Crippen molar-refractivity contribution in [2.45, 2.75) is 25.7 Å². The summed E-state index contributed by atoms with van der Waals surface area (Å²) in [6, 6.07) is 0. The molecule has 2 saturated carbocycles. The van der Waals surface area contributed by atoms with E-state index in [9.17, 15) is 19.2 Å². The van der Waals surface area contributed by atoms with Gasteiger partial charge in [-0.25, -0.2) is 0 Å². The van der Waals surface area contributed by atoms with E-state index in [1.54, 1.807) is 0 Å². The van der Waals surface area contributed by atoms with Crippen molar-refractivity contribution in [2.75, 3.05) is 0 Å². The van der Waals surface area contributed by atoms with Crippen molar-refractivity contribution in [2.24, 2.45) is 5.41 Å². The normalized spacial score (nSPS) is 24.7. The Morgan fingerprint density at radius 2 is 0.882 bits per heavy atom. The molecular formula is C13H12O4. The first kappa shape index (κ1) is 11.6. The van der Waals surface area contributed by atoms with Gasteiger partial charge in [0.15, 0.2) is 23.1 Å². The van der Waals surface area contributed by atoms with E-state index >= 15 is 0 Å². The van der Waals surface area contributed by atoms with Crippen LogP contribution in [0.2, 0.25) is 0 Å². The number of carbonyl (C=O) groups is 4. The van der Waals surface area contributed by atoms with E-state index in [-0.39, 0.29) is 60.0 Å². The van der Waals surface area contributed by atoms with Crippen LogP contribution in [-0.2, 0) is 19.2 Å². The van der Waals surface area contributed by atoms with Crippen molar-refractivity contribution in [3.05, 3.63) is 24.3 Å². The Labute approximate surface area is 98.4 Å². The van der Waals surface area contributed by atoms with Gasteiger partial charge in [0.2, 0.25) is 0 Å². The molecule has 0 heterocycles. The lowest BCUT2D eigenvalue weighted by atomic mass is 9.62. The van der Waals surface area contributed by atoms with Crippen LogP contribution in [0, 0.1) is 5.41 Å². The Balaban J connectivity index is 2.32. The number of rotatable bonds is 0. The molecule has 0 unspecified atom stereocenters. The van der Waals surface area contributed by atoms with Crippen LogP contribution in [0.25, 0.3) is 0 Å². The predicted octanol–water partition coefficient (Wildman–Crippen LogP) is 0.949. The quantitative estimate of drug-likeness (QED) is 0.460. The second-order valence-electron chi connectivity index (χ2n) is 4.86. The molecule has 4 heteroatoms. The summed E-state index contributed by atoms with van der Waals surface area (Å²) in [6.45, 7) is 6.84. The molecule has 0 atom stereocenters. The molecule has 0 N–H and O–H groups in total. The molecule has 4 nitrogen and oxygen atoms in total. The Morgan fingerprint density at radius 1 is 0.647 bits per heavy atom. The van der Waals surface area contributed by atoms with Crippen LogP contribution >= 0.6 is 0 Å². The van der Waals surface area contributed by atoms with Gasteiger partial charge in [-0.15, -0.1) is 0 Å². The number of carbonyl (C=O) groups excluding carboxylic acids is 4. The summed E-state index contributed by atoms with van der Waals surface area (Å²) in [5.41, 5.74) is -0.843. The summed E-state index contributed by atoms with van der Waals surface area (Å²) in [5, 5.41) is 0. The minimum absolute atomic E-state index is 0.0140. The average Bonchev–Trinajstić information content (AvgIpc) is 2.22. The highest BCUT2D eigenvalue weighted by molar-refractivity contribution is 6.25. The largest absolute Gasteiger partial charge is 0.294 e. The molecule has 0 aliphatic heterocycles. The summed E-state index contributed by atoms with van der Waals surface area (Å²) < 4.78 is 0. The summed E-state index contributed by atoms with van der Waals surface area (Å²) in [7, 11) is 0. The summed E-state index contributed by atoms with van der Waals surface area (Å²) in [5.74, 6) is -1.41. The topological polar surface area (TPSA) is 68.3 Å². The minimum atomic E-state index is -0.815. The monoisotopic (exact) mass is 232 g/mol. The molecule has 0 radical (unpaired) electrons. The van der Waals surface area contributed by atoms with Crippen molar-refractivity contribution in [1.82, 2.24) is 0 Å². The second kappa shape index (κ2) is 3.58. The summed E-state index contributed by atoms with van der Waals surface area (Å²) in [6.07, 6.45) is 0.231. The first-order valence-corrected chi connectivity index (χ1v) is 5.35. The molecule has 0 bridgehead atoms. The Bertz CT molecular complexity index is 406. The highest BCUT2D eigenvalue weighted by Crippen LogP contribution is 2.44. The number of allylic oxidation sites excluding steroid dienone is 2. The van der Waals surface area contributed by atoms with E-state index in [4.69, 9.17) is 0 Å². The van der Waals surface area contributed by atoms with Gasteiger partial charge in [-0.05, 0) is 5.41 Å². The molecule has 2 rings (SSSR count). The molecule has 88 valence electrons. The zero-order valence-electron chi connectivity index (χ0n) is 9.38. The van der Waals surface area contributed by atoms with Crippen LogP contribution in [0.3, 0.4) is 0 Å². The molecule has 2 aliphatic rings. The zero-order chi connectivity index (χ0) is 12.8. The molecule has 0 aromatic rings. The highest BCUT2D eigenvalue weighted by Gasteiger charge is 2.47. The van der Waals surface area contributed by atoms with E-state index in [0.717, 1.165) is 0 Å². The first-order valence-electron chi connectivity index (χ1n) is 5.35. The lowest BCUT2D eigenvalue weighted by Gasteiger charge is -2.38. The maximum atomic E-state index is 11.6. The van der Waals surface area contributed by atoms with Gasteiger partial charge in [0.25, 0.3) is 0 Å². The fourth-order valence-corrected chi connectivity index (χ4v) is 2.48. The van der Waals surface area contributed by atoms with Gasteiger partial charge in [0, 0.05) is 25.7 Å². The Kier molecular flexibility index (Phi) is 2.45. The van der Waals surface area contributed by atoms with Crippen LogP contribution in [0.1, 0.15) is 25.7 Å². The first-order chi connectivity index (χ1) is 7.84. The van der Waals surface area contributed by atoms with E-state index in [0.29, 0.717) is 0 Å². The van der Waals surface area contributed by atoms with E-state index in [1.165, 1.54) is 0 Å². The van der Waals surface area contributed by atoms with Gasteiger partial charge in [0.05, 0.1) is 11.1 Å². The summed E-state index contributed by atoms with van der Waals surface area (Å²) >= 11 is 0. The summed E-state index contributed by atoms with van der Waals surface area (Å²) in [4.78, 5) is 46.4. The van der Waals surface area contributed by atoms with Crippen LogP contribution in [-0.4, -0.2) is 23.1 Å². The molecule has 0 aromatic carbocycles. The fourth-order valence-electron chi connectivity index (χ4n) is 2.48. The Hall–Kier alpha value is -1.84. The molecule has 0 saturated heterocycles. The van der Waals surface area contributed by atoms with Crippen LogP contribution in [0.15, 0.2) is 24.3 Å². The second-order valence-corrected chi connectivity index (χ2v) is 4.86. The standard InChI is InChI=1S/C13H12O4/c1-7-9(14)3-13(4-10(7)15)5-11(16)8(2)12(17)6-13/h1-6H2. The molecule has 2 fully saturated rings. The lowest BCUT2D eigenvalue weighted by Crippen LogP contribution is -2.42. The third-order valence-electron chi connectivity index (χ3n) is 3.49. The SMILES string of the molecule is C=C1C(=O)CC2(CC1=O)CC(=O)C(=C)C(=O)C2. The number of hydrogen-bond donors (Lipinski definition) is 0. The molecule has 0 amide bonds. The number of hydrogen-bond acceptors (Lipinski definition) is 4. The van der Waals surface area contributed by atoms with Crippen LogP contribution < -0.4 is 0 Å². The fraction of sp³-hybridized carbons (Fsp3) is 0.385. The smallest absolute Gasteiger partial charge is 0.166 e. The third kappa shape index (κ3) is 1.79. The molecule has 17 heavy (non-hydrogen) atoms. The molecule has 1 spiro atoms. The lowest BCUT2D eigenvalue weighted by molar-refractivity contribution is -0.134. The van der Waals surface area contributed by atoms with Gasteiger partial charge in [-0.2, -0.15) is 0 Å². The molecular weight excluding hydrogens is 220 g/mol. The van der Waals surface area contributed by atoms with E-state index in [2.05, 4.69) is 13.2 Å². The predicted molar refractivity (Wildman–Crippen MR) is 59.2 cm³/mol. The van der Waals surface area contributed by atoms with Crippen LogP contribution in [0.4, 0.5) is 0 Å². The minimum Gasteiger partial charge on any atom is -0.294 e. The van der Waals surface area contributed by atoms with Gasteiger partial charge in [-0.3, -0.25) is 19.2 Å². The maximum absolute atomic E-state index is 11.6. The third-order valence-corrected chi connectivity index (χ3v) is 3.49. The van der Waals surface area contributed by atoms with Gasteiger partial charge in [0.1, 0.15) is 0 Å². The van der Waals surface area contributed by atoms with Crippen molar-refractivity contribution in [3.63, 3.8) is 0 Å². The van der Waals surface area contributed by atoms with Crippen molar-refractivity contribution < 1.29 is 19.2 Å². The Morgan fingerprint density at radius 3 is 1.12 bits per heavy atom. The maximum Gasteiger partial charge on any atom is 0.166 e. The molecule has 0 aromatic heterocycles. The molecule has 2 aliphatic carbocycles. The number of Topliss-reactive ketones (excluding diaryl/α,β-unsaturated/α-hetero) is 4.